The molecule has 5 heteroatoms. The summed E-state index contributed by atoms with van der Waals surface area (Å²) in [6, 6.07) is 43.4. The van der Waals surface area contributed by atoms with Gasteiger partial charge in [0.05, 0.1) is 5.52 Å². The number of hydrogen-bond acceptors (Lipinski definition) is 4. The third-order valence-electron chi connectivity index (χ3n) is 11.5. The maximum atomic E-state index is 5.26. The van der Waals surface area contributed by atoms with Gasteiger partial charge in [0.1, 0.15) is 0 Å². The summed E-state index contributed by atoms with van der Waals surface area (Å²) in [6.07, 6.45) is 8.79. The van der Waals surface area contributed by atoms with Gasteiger partial charge in [0.25, 0.3) is 0 Å². The number of para-hydroxylation sites is 1. The van der Waals surface area contributed by atoms with Gasteiger partial charge in [-0.2, -0.15) is 0 Å². The number of hydrogen-bond donors (Lipinski definition) is 0. The number of rotatable bonds is 4. The molecular weight excluding hydrogens is 653 g/mol. The topological polar surface area (TPSA) is 43.6 Å². The fourth-order valence-corrected chi connectivity index (χ4v) is 10.4. The maximum absolute atomic E-state index is 5.26. The molecule has 52 heavy (non-hydrogen) atoms. The van der Waals surface area contributed by atoms with Crippen LogP contribution in [0.15, 0.2) is 155 Å². The van der Waals surface area contributed by atoms with E-state index in [9.17, 15) is 0 Å². The summed E-state index contributed by atoms with van der Waals surface area (Å²) in [5.41, 5.74) is 15.3. The van der Waals surface area contributed by atoms with Crippen LogP contribution in [0.25, 0.3) is 56.3 Å². The molecule has 1 atom stereocenters. The molecule has 0 amide bonds. The van der Waals surface area contributed by atoms with Gasteiger partial charge in [-0.1, -0.05) is 153 Å². The first-order chi connectivity index (χ1) is 25.5. The second-order valence-electron chi connectivity index (χ2n) is 14.7. The number of allylic oxidation sites excluding steroid dienone is 5. The van der Waals surface area contributed by atoms with E-state index in [0.29, 0.717) is 17.5 Å². The zero-order valence-corrected chi connectivity index (χ0v) is 29.8. The molecule has 0 spiro atoms. The number of aromatic nitrogens is 4. The third-order valence-corrected chi connectivity index (χ3v) is 12.7. The van der Waals surface area contributed by atoms with Crippen LogP contribution in [-0.2, 0) is 11.8 Å². The molecule has 0 fully saturated rings. The molecule has 2 aromatic heterocycles. The molecule has 4 nitrogen and oxygen atoms in total. The Balaban J connectivity index is 1.18. The summed E-state index contributed by atoms with van der Waals surface area (Å²) in [6.45, 7) is 4.81. The van der Waals surface area contributed by atoms with Crippen LogP contribution in [0, 0.1) is 0 Å². The summed E-state index contributed by atoms with van der Waals surface area (Å²) >= 11 is 1.88. The molecule has 3 heterocycles. The van der Waals surface area contributed by atoms with E-state index in [1.165, 1.54) is 54.2 Å². The van der Waals surface area contributed by atoms with Crippen molar-refractivity contribution in [1.29, 1.82) is 0 Å². The minimum Gasteiger partial charge on any atom is -0.313 e. The molecule has 0 radical (unpaired) electrons. The predicted molar refractivity (Wildman–Crippen MR) is 213 cm³/mol. The van der Waals surface area contributed by atoms with Crippen molar-refractivity contribution in [2.75, 3.05) is 0 Å². The van der Waals surface area contributed by atoms with Crippen molar-refractivity contribution in [3.05, 3.63) is 178 Å². The molecule has 0 saturated heterocycles. The number of thioether (sulfide) groups is 1. The Morgan fingerprint density at radius 1 is 0.692 bits per heavy atom. The van der Waals surface area contributed by atoms with Gasteiger partial charge in [0.2, 0.25) is 0 Å². The second-order valence-corrected chi connectivity index (χ2v) is 15.8. The van der Waals surface area contributed by atoms with Gasteiger partial charge in [0, 0.05) is 60.2 Å². The molecule has 1 aliphatic heterocycles. The lowest BCUT2D eigenvalue weighted by molar-refractivity contribution is 0.600. The number of nitrogens with zero attached hydrogens (tertiary/aromatic N) is 4. The average molecular weight is 687 g/mol. The summed E-state index contributed by atoms with van der Waals surface area (Å²) in [4.78, 5) is 18.2. The summed E-state index contributed by atoms with van der Waals surface area (Å²) in [7, 11) is 0. The molecule has 248 valence electrons. The van der Waals surface area contributed by atoms with Crippen LogP contribution in [0.5, 0.6) is 0 Å². The first-order valence-electron chi connectivity index (χ1n) is 18.1. The zero-order chi connectivity index (χ0) is 34.6. The van der Waals surface area contributed by atoms with Crippen LogP contribution in [0.2, 0.25) is 0 Å². The average Bonchev–Trinajstić information content (AvgIpc) is 3.94. The van der Waals surface area contributed by atoms with Gasteiger partial charge in [-0.25, -0.2) is 15.0 Å². The summed E-state index contributed by atoms with van der Waals surface area (Å²) < 4.78 is 2.54. The van der Waals surface area contributed by atoms with E-state index in [4.69, 9.17) is 15.0 Å². The minimum atomic E-state index is 0.00876. The van der Waals surface area contributed by atoms with Crippen LogP contribution in [0.4, 0.5) is 0 Å². The SMILES string of the molecule is CC1(C)C2=C(c3ccccc31)c1c(n(-c3cc4c(c(-c5nc(-c6ccccc6)nc(-c6ccccc6)n5)c3)C3C=CC=C3S4)c3ccccc13)CC2. The Labute approximate surface area is 307 Å². The maximum Gasteiger partial charge on any atom is 0.164 e. The van der Waals surface area contributed by atoms with E-state index in [-0.39, 0.29) is 11.3 Å². The second kappa shape index (κ2) is 11.1. The minimum absolute atomic E-state index is 0.00876. The molecule has 0 bridgehead atoms. The first kappa shape index (κ1) is 29.9. The highest BCUT2D eigenvalue weighted by Gasteiger charge is 2.42. The molecule has 1 unspecified atom stereocenters. The Morgan fingerprint density at radius 3 is 2.13 bits per heavy atom. The largest absolute Gasteiger partial charge is 0.313 e. The van der Waals surface area contributed by atoms with Crippen LogP contribution in [0.1, 0.15) is 54.1 Å². The fourth-order valence-electron chi connectivity index (χ4n) is 9.14. The first-order valence-corrected chi connectivity index (χ1v) is 18.9. The lowest BCUT2D eigenvalue weighted by Gasteiger charge is -2.27. The highest BCUT2D eigenvalue weighted by Crippen LogP contribution is 2.57. The van der Waals surface area contributed by atoms with E-state index >= 15 is 0 Å². The van der Waals surface area contributed by atoms with E-state index in [1.54, 1.807) is 5.57 Å². The van der Waals surface area contributed by atoms with Crippen molar-refractivity contribution in [1.82, 2.24) is 19.5 Å². The number of benzene rings is 5. The van der Waals surface area contributed by atoms with Gasteiger partial charge in [-0.15, -0.1) is 0 Å². The Kier molecular flexibility index (Phi) is 6.39. The highest BCUT2D eigenvalue weighted by molar-refractivity contribution is 8.03. The highest BCUT2D eigenvalue weighted by atomic mass is 32.2. The van der Waals surface area contributed by atoms with E-state index < -0.39 is 0 Å². The van der Waals surface area contributed by atoms with Crippen molar-refractivity contribution in [2.24, 2.45) is 0 Å². The Hall–Kier alpha value is -5.78. The molecular formula is C47H34N4S. The van der Waals surface area contributed by atoms with Gasteiger partial charge in [0.15, 0.2) is 17.5 Å². The number of fused-ring (bicyclic) bond motifs is 9. The van der Waals surface area contributed by atoms with Crippen LogP contribution < -0.4 is 0 Å². The standard InChI is InChI=1S/C47H34N4S/c1-47(2)35-21-11-9-18-31(35)42-36(47)24-25-38-43(42)32-19-10-12-22-37(32)51(38)30-26-34(41-33-20-13-23-39(33)52-40(41)27-30)46-49-44(28-14-5-3-6-15-28)48-45(50-46)29-16-7-4-8-17-29/h3-23,26-27,33H,24-25H2,1-2H3. The van der Waals surface area contributed by atoms with Crippen molar-refractivity contribution in [3.63, 3.8) is 0 Å². The van der Waals surface area contributed by atoms with Gasteiger partial charge in [-0.3, -0.25) is 0 Å². The van der Waals surface area contributed by atoms with Gasteiger partial charge < -0.3 is 4.57 Å². The van der Waals surface area contributed by atoms with Crippen molar-refractivity contribution in [3.8, 4) is 39.9 Å². The van der Waals surface area contributed by atoms with Crippen LogP contribution in [-0.4, -0.2) is 19.5 Å². The molecule has 7 aromatic rings. The van der Waals surface area contributed by atoms with Crippen LogP contribution >= 0.6 is 11.8 Å². The molecule has 0 N–H and O–H groups in total. The quantitative estimate of drug-likeness (QED) is 0.185. The van der Waals surface area contributed by atoms with Crippen molar-refractivity contribution >= 4 is 28.2 Å². The fraction of sp³-hybridized carbons (Fsp3) is 0.128. The lowest BCUT2D eigenvalue weighted by atomic mass is 9.77. The summed E-state index contributed by atoms with van der Waals surface area (Å²) in [5, 5.41) is 1.31. The monoisotopic (exact) mass is 686 g/mol. The zero-order valence-electron chi connectivity index (χ0n) is 29.0. The molecule has 4 aliphatic rings. The van der Waals surface area contributed by atoms with Gasteiger partial charge >= 0.3 is 0 Å². The molecule has 5 aromatic carbocycles. The summed E-state index contributed by atoms with van der Waals surface area (Å²) in [5.74, 6) is 2.26. The van der Waals surface area contributed by atoms with E-state index in [1.807, 2.05) is 48.2 Å². The van der Waals surface area contributed by atoms with Crippen molar-refractivity contribution in [2.45, 2.75) is 42.9 Å². The van der Waals surface area contributed by atoms with Gasteiger partial charge in [-0.05, 0) is 53.3 Å². The van der Waals surface area contributed by atoms with Crippen LogP contribution in [0.3, 0.4) is 0 Å². The molecule has 3 aliphatic carbocycles. The predicted octanol–water partition coefficient (Wildman–Crippen LogP) is 11.5. The Morgan fingerprint density at radius 2 is 1.37 bits per heavy atom. The normalized spacial score (nSPS) is 17.5. The lowest BCUT2D eigenvalue weighted by Crippen LogP contribution is -2.19. The van der Waals surface area contributed by atoms with E-state index in [2.05, 4.69) is 122 Å². The van der Waals surface area contributed by atoms with Crippen molar-refractivity contribution < 1.29 is 0 Å². The molecule has 11 rings (SSSR count). The Bertz CT molecular complexity index is 2670. The smallest absolute Gasteiger partial charge is 0.164 e. The molecule has 0 saturated carbocycles. The third kappa shape index (κ3) is 4.26. The van der Waals surface area contributed by atoms with E-state index in [0.717, 1.165) is 35.2 Å².